The monoisotopic (exact) mass is 431 g/mol. The van der Waals surface area contributed by atoms with Crippen molar-refractivity contribution in [2.24, 2.45) is 0 Å². The van der Waals surface area contributed by atoms with E-state index in [0.29, 0.717) is 39.6 Å². The molecule has 0 aliphatic rings. The second-order valence-electron chi connectivity index (χ2n) is 5.58. The molecule has 2 aromatic carbocycles. The first-order valence-corrected chi connectivity index (χ1v) is 8.90. The van der Waals surface area contributed by atoms with Crippen molar-refractivity contribution in [3.8, 4) is 11.5 Å². The second kappa shape index (κ2) is 9.38. The normalized spacial score (nSPS) is 12.1. The molecule has 0 heterocycles. The summed E-state index contributed by atoms with van der Waals surface area (Å²) in [7, 11) is 1.54. The van der Waals surface area contributed by atoms with Crippen molar-refractivity contribution in [1.29, 1.82) is 0 Å². The van der Waals surface area contributed by atoms with Gasteiger partial charge in [0.1, 0.15) is 12.4 Å². The lowest BCUT2D eigenvalue weighted by Crippen LogP contribution is -2.23. The highest BCUT2D eigenvalue weighted by Gasteiger charge is 2.14. The van der Waals surface area contributed by atoms with Gasteiger partial charge in [-0.2, -0.15) is 0 Å². The molecule has 0 saturated carbocycles. The van der Waals surface area contributed by atoms with Gasteiger partial charge in [-0.25, -0.2) is 4.39 Å². The molecule has 0 radical (unpaired) electrons. The Morgan fingerprint density at radius 1 is 1.36 bits per heavy atom. The van der Waals surface area contributed by atoms with Crippen molar-refractivity contribution in [1.82, 2.24) is 5.32 Å². The minimum Gasteiger partial charge on any atom is -0.493 e. The molecular weight excluding hydrogens is 413 g/mol. The van der Waals surface area contributed by atoms with Gasteiger partial charge in [-0.05, 0) is 52.7 Å². The molecular formula is C18H20BrClFNO3. The smallest absolute Gasteiger partial charge is 0.175 e. The molecule has 2 aromatic rings. The van der Waals surface area contributed by atoms with Crippen LogP contribution in [0.25, 0.3) is 0 Å². The predicted octanol–water partition coefficient (Wildman–Crippen LogP) is 4.30. The molecule has 0 aliphatic heterocycles. The Labute approximate surface area is 160 Å². The molecule has 0 spiro atoms. The number of nitrogens with one attached hydrogen (secondary N) is 1. The molecule has 0 unspecified atom stereocenters. The minimum absolute atomic E-state index is 0.0138. The molecule has 0 bridgehead atoms. The number of rotatable bonds is 8. The third-order valence-electron chi connectivity index (χ3n) is 3.48. The first kappa shape index (κ1) is 20.0. The van der Waals surface area contributed by atoms with Crippen LogP contribution in [-0.4, -0.2) is 24.9 Å². The van der Waals surface area contributed by atoms with E-state index in [1.165, 1.54) is 13.2 Å². The molecule has 0 amide bonds. The molecule has 25 heavy (non-hydrogen) atoms. The van der Waals surface area contributed by atoms with Crippen molar-refractivity contribution in [3.63, 3.8) is 0 Å². The van der Waals surface area contributed by atoms with Crippen LogP contribution < -0.4 is 14.8 Å². The molecule has 2 rings (SSSR count). The van der Waals surface area contributed by atoms with Crippen molar-refractivity contribution in [3.05, 3.63) is 56.8 Å². The van der Waals surface area contributed by atoms with Crippen LogP contribution in [0.2, 0.25) is 5.02 Å². The van der Waals surface area contributed by atoms with Crippen LogP contribution in [0.3, 0.4) is 0 Å². The van der Waals surface area contributed by atoms with Crippen LogP contribution in [0.5, 0.6) is 11.5 Å². The first-order chi connectivity index (χ1) is 11.9. The Morgan fingerprint density at radius 3 is 2.76 bits per heavy atom. The number of hydrogen-bond acceptors (Lipinski definition) is 4. The SMILES string of the molecule is COc1cc(CNC[C@@H](C)O)cc(Br)c1OCc1c(F)cccc1Cl. The van der Waals surface area contributed by atoms with Gasteiger partial charge >= 0.3 is 0 Å². The summed E-state index contributed by atoms with van der Waals surface area (Å²) >= 11 is 9.49. The Kier molecular flexibility index (Phi) is 7.50. The number of methoxy groups -OCH3 is 1. The summed E-state index contributed by atoms with van der Waals surface area (Å²) in [5.74, 6) is 0.582. The highest BCUT2D eigenvalue weighted by Crippen LogP contribution is 2.37. The van der Waals surface area contributed by atoms with Crippen molar-refractivity contribution >= 4 is 27.5 Å². The minimum atomic E-state index is -0.418. The summed E-state index contributed by atoms with van der Waals surface area (Å²) in [4.78, 5) is 0. The molecule has 0 fully saturated rings. The van der Waals surface area contributed by atoms with E-state index in [9.17, 15) is 9.50 Å². The lowest BCUT2D eigenvalue weighted by molar-refractivity contribution is 0.191. The average Bonchev–Trinajstić information content (AvgIpc) is 2.55. The Morgan fingerprint density at radius 2 is 2.12 bits per heavy atom. The van der Waals surface area contributed by atoms with Crippen molar-refractivity contribution in [2.45, 2.75) is 26.2 Å². The van der Waals surface area contributed by atoms with Crippen LogP contribution in [0.4, 0.5) is 4.39 Å². The maximum Gasteiger partial charge on any atom is 0.175 e. The van der Waals surface area contributed by atoms with Gasteiger partial charge in [-0.15, -0.1) is 0 Å². The van der Waals surface area contributed by atoms with Gasteiger partial charge in [0, 0.05) is 18.7 Å². The maximum absolute atomic E-state index is 13.9. The van der Waals surface area contributed by atoms with E-state index in [0.717, 1.165) is 5.56 Å². The van der Waals surface area contributed by atoms with E-state index in [4.69, 9.17) is 21.1 Å². The third kappa shape index (κ3) is 5.57. The standard InChI is InChI=1S/C18H20BrClFNO3/c1-11(23)8-22-9-12-6-14(19)18(17(7-12)24-2)25-10-13-15(20)4-3-5-16(13)21/h3-7,11,22-23H,8-10H2,1-2H3/t11-/m1/s1. The highest BCUT2D eigenvalue weighted by atomic mass is 79.9. The summed E-state index contributed by atoms with van der Waals surface area (Å²) in [5, 5.41) is 12.7. The van der Waals surface area contributed by atoms with Crippen molar-refractivity contribution < 1.29 is 19.0 Å². The molecule has 0 aliphatic carbocycles. The van der Waals surface area contributed by atoms with E-state index in [-0.39, 0.29) is 6.61 Å². The molecule has 2 N–H and O–H groups in total. The quantitative estimate of drug-likeness (QED) is 0.653. The summed E-state index contributed by atoms with van der Waals surface area (Å²) in [6.45, 7) is 2.76. The van der Waals surface area contributed by atoms with Crippen LogP contribution in [0, 0.1) is 5.82 Å². The van der Waals surface area contributed by atoms with Gasteiger partial charge in [-0.1, -0.05) is 17.7 Å². The molecule has 7 heteroatoms. The van der Waals surface area contributed by atoms with Gasteiger partial charge in [0.25, 0.3) is 0 Å². The number of benzene rings is 2. The van der Waals surface area contributed by atoms with E-state index in [2.05, 4.69) is 21.2 Å². The molecule has 0 aromatic heterocycles. The van der Waals surface area contributed by atoms with Gasteiger partial charge in [0.2, 0.25) is 0 Å². The van der Waals surface area contributed by atoms with Crippen LogP contribution in [-0.2, 0) is 13.2 Å². The van der Waals surface area contributed by atoms with E-state index in [1.807, 2.05) is 12.1 Å². The number of ether oxygens (including phenoxy) is 2. The zero-order chi connectivity index (χ0) is 18.4. The van der Waals surface area contributed by atoms with E-state index >= 15 is 0 Å². The third-order valence-corrected chi connectivity index (χ3v) is 4.42. The maximum atomic E-state index is 13.9. The fourth-order valence-electron chi connectivity index (χ4n) is 2.26. The Bertz CT molecular complexity index is 707. The van der Waals surface area contributed by atoms with E-state index in [1.54, 1.807) is 19.1 Å². The Hall–Kier alpha value is -1.34. The molecule has 1 atom stereocenters. The summed E-state index contributed by atoms with van der Waals surface area (Å²) in [5.41, 5.74) is 1.25. The molecule has 0 saturated heterocycles. The summed E-state index contributed by atoms with van der Waals surface area (Å²) < 4.78 is 25.7. The van der Waals surface area contributed by atoms with Gasteiger partial charge in [0.05, 0.1) is 22.7 Å². The summed E-state index contributed by atoms with van der Waals surface area (Å²) in [6.07, 6.45) is -0.418. The van der Waals surface area contributed by atoms with Crippen LogP contribution >= 0.6 is 27.5 Å². The van der Waals surface area contributed by atoms with Crippen molar-refractivity contribution in [2.75, 3.05) is 13.7 Å². The summed E-state index contributed by atoms with van der Waals surface area (Å²) in [6, 6.07) is 8.22. The Balaban J connectivity index is 2.15. The first-order valence-electron chi connectivity index (χ1n) is 7.73. The van der Waals surface area contributed by atoms with Crippen LogP contribution in [0.15, 0.2) is 34.8 Å². The second-order valence-corrected chi connectivity index (χ2v) is 6.84. The van der Waals surface area contributed by atoms with Crippen LogP contribution in [0.1, 0.15) is 18.1 Å². The van der Waals surface area contributed by atoms with Gasteiger partial charge < -0.3 is 19.9 Å². The lowest BCUT2D eigenvalue weighted by Gasteiger charge is -2.16. The van der Waals surface area contributed by atoms with Gasteiger partial charge in [-0.3, -0.25) is 0 Å². The zero-order valence-corrected chi connectivity index (χ0v) is 16.3. The number of aliphatic hydroxyl groups excluding tert-OH is 1. The zero-order valence-electron chi connectivity index (χ0n) is 14.0. The number of aliphatic hydroxyl groups is 1. The largest absolute Gasteiger partial charge is 0.493 e. The molecule has 4 nitrogen and oxygen atoms in total. The number of halogens is 3. The molecule has 136 valence electrons. The highest BCUT2D eigenvalue weighted by molar-refractivity contribution is 9.10. The topological polar surface area (TPSA) is 50.7 Å². The average molecular weight is 433 g/mol. The fourth-order valence-corrected chi connectivity index (χ4v) is 3.08. The lowest BCUT2D eigenvalue weighted by atomic mass is 10.2. The van der Waals surface area contributed by atoms with Gasteiger partial charge in [0.15, 0.2) is 11.5 Å². The predicted molar refractivity (Wildman–Crippen MR) is 99.8 cm³/mol. The number of hydrogen-bond donors (Lipinski definition) is 2. The fraction of sp³-hybridized carbons (Fsp3) is 0.333. The van der Waals surface area contributed by atoms with E-state index < -0.39 is 11.9 Å².